The molecule has 0 bridgehead atoms. The average Bonchev–Trinajstić information content (AvgIpc) is 1.97. The van der Waals surface area contributed by atoms with E-state index in [9.17, 15) is 0 Å². The molecular weight excluding hydrogens is 132 g/mol. The Hall–Kier alpha value is -1.04. The smallest absolute Gasteiger partial charge is 0.0123 e. The molecule has 0 heterocycles. The Bertz CT molecular complexity index is 249. The summed E-state index contributed by atoms with van der Waals surface area (Å²) in [7, 11) is 0. The van der Waals surface area contributed by atoms with Crippen LogP contribution in [0, 0.1) is 19.9 Å². The van der Waals surface area contributed by atoms with Crippen molar-refractivity contribution in [1.29, 1.82) is 0 Å². The third-order valence-corrected chi connectivity index (χ3v) is 1.77. The summed E-state index contributed by atoms with van der Waals surface area (Å²) in [6.45, 7) is 6.21. The highest BCUT2D eigenvalue weighted by Crippen LogP contribution is 2.12. The van der Waals surface area contributed by atoms with Crippen LogP contribution in [0.2, 0.25) is 0 Å². The lowest BCUT2D eigenvalue weighted by Gasteiger charge is -2.02. The number of allylic oxidation sites excluding steroid dienone is 1. The molecule has 1 aromatic rings. The van der Waals surface area contributed by atoms with Gasteiger partial charge in [-0.3, -0.25) is 0 Å². The van der Waals surface area contributed by atoms with Gasteiger partial charge in [-0.1, -0.05) is 24.3 Å². The highest BCUT2D eigenvalue weighted by molar-refractivity contribution is 5.37. The Balaban J connectivity index is 3.20. The first-order valence-corrected chi connectivity index (χ1v) is 3.86. The second kappa shape index (κ2) is 3.38. The maximum Gasteiger partial charge on any atom is -0.0123 e. The molecule has 0 fully saturated rings. The summed E-state index contributed by atoms with van der Waals surface area (Å²) < 4.78 is 0. The monoisotopic (exact) mass is 145 g/mol. The van der Waals surface area contributed by atoms with E-state index < -0.39 is 0 Å². The van der Waals surface area contributed by atoms with Crippen molar-refractivity contribution >= 4 is 0 Å². The highest BCUT2D eigenvalue weighted by atomic mass is 14.0. The zero-order valence-electron chi connectivity index (χ0n) is 7.31. The molecule has 0 atom stereocenters. The molecule has 0 aliphatic carbocycles. The van der Waals surface area contributed by atoms with Crippen molar-refractivity contribution in [2.75, 3.05) is 0 Å². The SMILES string of the molecule is C/C=[C]/c1c(C)cccc1C. The van der Waals surface area contributed by atoms with Gasteiger partial charge < -0.3 is 0 Å². The van der Waals surface area contributed by atoms with Gasteiger partial charge in [0.05, 0.1) is 0 Å². The summed E-state index contributed by atoms with van der Waals surface area (Å²) in [6, 6.07) is 6.29. The third kappa shape index (κ3) is 1.70. The van der Waals surface area contributed by atoms with Crippen LogP contribution in [0.4, 0.5) is 0 Å². The summed E-state index contributed by atoms with van der Waals surface area (Å²) in [4.78, 5) is 0. The van der Waals surface area contributed by atoms with Crippen molar-refractivity contribution in [2.45, 2.75) is 20.8 Å². The first-order chi connectivity index (χ1) is 5.25. The van der Waals surface area contributed by atoms with Crippen LogP contribution in [0.1, 0.15) is 23.6 Å². The fourth-order valence-electron chi connectivity index (χ4n) is 1.19. The van der Waals surface area contributed by atoms with Gasteiger partial charge in [0, 0.05) is 0 Å². The van der Waals surface area contributed by atoms with Crippen LogP contribution in [0.15, 0.2) is 24.3 Å². The fourth-order valence-corrected chi connectivity index (χ4v) is 1.19. The number of aryl methyl sites for hydroxylation is 2. The standard InChI is InChI=1S/C11H13/c1-4-6-11-9(2)7-5-8-10(11)3/h4-5,7-8H,1-3H3. The number of hydrogen-bond acceptors (Lipinski definition) is 0. The molecule has 0 heteroatoms. The lowest BCUT2D eigenvalue weighted by Crippen LogP contribution is -1.85. The molecule has 0 aliphatic rings. The summed E-state index contributed by atoms with van der Waals surface area (Å²) in [5.41, 5.74) is 3.82. The van der Waals surface area contributed by atoms with E-state index in [1.807, 2.05) is 13.0 Å². The minimum Gasteiger partial charge on any atom is -0.0792 e. The maximum absolute atomic E-state index is 3.22. The van der Waals surface area contributed by atoms with Crippen molar-refractivity contribution in [3.63, 3.8) is 0 Å². The molecule has 0 N–H and O–H groups in total. The van der Waals surface area contributed by atoms with Gasteiger partial charge in [0.15, 0.2) is 0 Å². The van der Waals surface area contributed by atoms with Crippen LogP contribution in [-0.4, -0.2) is 0 Å². The Morgan fingerprint density at radius 3 is 2.18 bits per heavy atom. The zero-order chi connectivity index (χ0) is 8.27. The number of benzene rings is 1. The first kappa shape index (κ1) is 8.06. The van der Waals surface area contributed by atoms with E-state index in [4.69, 9.17) is 0 Å². The predicted molar refractivity (Wildman–Crippen MR) is 48.5 cm³/mol. The van der Waals surface area contributed by atoms with Crippen LogP contribution < -0.4 is 0 Å². The molecule has 1 rings (SSSR count). The van der Waals surface area contributed by atoms with Gasteiger partial charge in [-0.05, 0) is 43.5 Å². The molecule has 0 saturated carbocycles. The van der Waals surface area contributed by atoms with Gasteiger partial charge in [-0.25, -0.2) is 0 Å². The molecule has 0 aromatic heterocycles. The normalized spacial score (nSPS) is 10.8. The van der Waals surface area contributed by atoms with Crippen LogP contribution in [0.25, 0.3) is 0 Å². The highest BCUT2D eigenvalue weighted by Gasteiger charge is 1.95. The zero-order valence-corrected chi connectivity index (χ0v) is 7.31. The summed E-state index contributed by atoms with van der Waals surface area (Å²) in [6.07, 6.45) is 5.17. The van der Waals surface area contributed by atoms with Crippen LogP contribution in [0.5, 0.6) is 0 Å². The second-order valence-electron chi connectivity index (χ2n) is 2.70. The lowest BCUT2D eigenvalue weighted by atomic mass is 10.0. The molecule has 1 radical (unpaired) electrons. The van der Waals surface area contributed by atoms with Gasteiger partial charge in [0.1, 0.15) is 0 Å². The molecule has 1 aromatic carbocycles. The van der Waals surface area contributed by atoms with E-state index in [2.05, 4.69) is 38.1 Å². The Morgan fingerprint density at radius 1 is 1.18 bits per heavy atom. The molecule has 57 valence electrons. The number of rotatable bonds is 1. The predicted octanol–water partition coefficient (Wildman–Crippen LogP) is 3.03. The molecule has 0 aliphatic heterocycles. The van der Waals surface area contributed by atoms with E-state index >= 15 is 0 Å². The quantitative estimate of drug-likeness (QED) is 0.569. The molecule has 0 unspecified atom stereocenters. The van der Waals surface area contributed by atoms with Crippen LogP contribution >= 0.6 is 0 Å². The Morgan fingerprint density at radius 2 is 1.73 bits per heavy atom. The maximum atomic E-state index is 3.22. The van der Waals surface area contributed by atoms with Crippen molar-refractivity contribution in [1.82, 2.24) is 0 Å². The molecule has 0 spiro atoms. The Kier molecular flexibility index (Phi) is 2.48. The minimum absolute atomic E-state index is 1.23. The summed E-state index contributed by atoms with van der Waals surface area (Å²) in [5.74, 6) is 0. The van der Waals surface area contributed by atoms with Gasteiger partial charge >= 0.3 is 0 Å². The molecule has 0 nitrogen and oxygen atoms in total. The van der Waals surface area contributed by atoms with Crippen molar-refractivity contribution in [2.24, 2.45) is 0 Å². The van der Waals surface area contributed by atoms with Gasteiger partial charge in [0.2, 0.25) is 0 Å². The van der Waals surface area contributed by atoms with E-state index in [0.717, 1.165) is 0 Å². The van der Waals surface area contributed by atoms with Crippen molar-refractivity contribution in [3.05, 3.63) is 47.0 Å². The van der Waals surface area contributed by atoms with Gasteiger partial charge in [-0.15, -0.1) is 0 Å². The van der Waals surface area contributed by atoms with E-state index in [1.165, 1.54) is 16.7 Å². The molecule has 0 saturated heterocycles. The van der Waals surface area contributed by atoms with Crippen molar-refractivity contribution < 1.29 is 0 Å². The minimum atomic E-state index is 1.23. The first-order valence-electron chi connectivity index (χ1n) is 3.86. The topological polar surface area (TPSA) is 0 Å². The van der Waals surface area contributed by atoms with E-state index in [1.54, 1.807) is 0 Å². The van der Waals surface area contributed by atoms with Gasteiger partial charge in [0.25, 0.3) is 0 Å². The molecule has 0 amide bonds. The van der Waals surface area contributed by atoms with Gasteiger partial charge in [-0.2, -0.15) is 0 Å². The van der Waals surface area contributed by atoms with Crippen LogP contribution in [0.3, 0.4) is 0 Å². The number of hydrogen-bond donors (Lipinski definition) is 0. The van der Waals surface area contributed by atoms with Crippen molar-refractivity contribution in [3.8, 4) is 0 Å². The fraction of sp³-hybridized carbons (Fsp3) is 0.273. The third-order valence-electron chi connectivity index (χ3n) is 1.77. The van der Waals surface area contributed by atoms with E-state index in [-0.39, 0.29) is 0 Å². The molecule has 11 heavy (non-hydrogen) atoms. The van der Waals surface area contributed by atoms with E-state index in [0.29, 0.717) is 0 Å². The second-order valence-corrected chi connectivity index (χ2v) is 2.70. The largest absolute Gasteiger partial charge is 0.0792 e. The summed E-state index contributed by atoms with van der Waals surface area (Å²) in [5, 5.41) is 0. The Labute approximate surface area is 68.6 Å². The molecular formula is C11H13. The summed E-state index contributed by atoms with van der Waals surface area (Å²) >= 11 is 0. The average molecular weight is 145 g/mol. The van der Waals surface area contributed by atoms with Crippen LogP contribution in [-0.2, 0) is 0 Å². The lowest BCUT2D eigenvalue weighted by molar-refractivity contribution is 1.31.